The maximum atomic E-state index is 8.89. The molecule has 0 saturated heterocycles. The molecule has 4 heteroatoms. The smallest absolute Gasteiger partial charge is 0.214 e. The molecule has 0 bridgehead atoms. The number of methoxy groups -OCH3 is 1. The van der Waals surface area contributed by atoms with Gasteiger partial charge in [0.25, 0.3) is 0 Å². The van der Waals surface area contributed by atoms with E-state index in [9.17, 15) is 0 Å². The van der Waals surface area contributed by atoms with Crippen LogP contribution in [0.1, 0.15) is 11.1 Å². The van der Waals surface area contributed by atoms with E-state index in [2.05, 4.69) is 16.0 Å². The molecule has 0 spiro atoms. The highest BCUT2D eigenvalue weighted by Gasteiger charge is 2.04. The Kier molecular flexibility index (Phi) is 3.99. The third kappa shape index (κ3) is 3.23. The van der Waals surface area contributed by atoms with E-state index >= 15 is 0 Å². The van der Waals surface area contributed by atoms with Gasteiger partial charge in [-0.1, -0.05) is 12.1 Å². The van der Waals surface area contributed by atoms with E-state index in [1.165, 1.54) is 0 Å². The predicted molar refractivity (Wildman–Crippen MR) is 74.1 cm³/mol. The second-order valence-corrected chi connectivity index (χ2v) is 4.22. The van der Waals surface area contributed by atoms with Crippen molar-refractivity contribution in [3.63, 3.8) is 0 Å². The Labute approximate surface area is 112 Å². The van der Waals surface area contributed by atoms with E-state index < -0.39 is 0 Å². The van der Waals surface area contributed by atoms with Crippen molar-refractivity contribution in [1.29, 1.82) is 5.26 Å². The van der Waals surface area contributed by atoms with E-state index in [1.54, 1.807) is 19.4 Å². The Balaban J connectivity index is 2.15. The largest absolute Gasteiger partial charge is 0.481 e. The maximum absolute atomic E-state index is 8.89. The summed E-state index contributed by atoms with van der Waals surface area (Å²) in [6, 6.07) is 13.6. The molecule has 0 aliphatic carbocycles. The summed E-state index contributed by atoms with van der Waals surface area (Å²) in [6.07, 6.45) is 1.72. The number of nitriles is 1. The second kappa shape index (κ2) is 5.87. The van der Waals surface area contributed by atoms with Gasteiger partial charge in [0.2, 0.25) is 5.88 Å². The van der Waals surface area contributed by atoms with Crippen LogP contribution in [-0.4, -0.2) is 19.1 Å². The first kappa shape index (κ1) is 12.9. The second-order valence-electron chi connectivity index (χ2n) is 4.22. The van der Waals surface area contributed by atoms with Gasteiger partial charge in [0.05, 0.1) is 18.7 Å². The minimum absolute atomic E-state index is 0.593. The molecule has 19 heavy (non-hydrogen) atoms. The molecule has 0 atom stereocenters. The summed E-state index contributed by atoms with van der Waals surface area (Å²) < 4.78 is 5.11. The van der Waals surface area contributed by atoms with E-state index in [0.29, 0.717) is 11.4 Å². The fourth-order valence-electron chi connectivity index (χ4n) is 1.85. The highest BCUT2D eigenvalue weighted by Crippen LogP contribution is 2.19. The number of benzene rings is 1. The molecule has 0 N–H and O–H groups in total. The van der Waals surface area contributed by atoms with Crippen molar-refractivity contribution in [3.8, 4) is 11.9 Å². The van der Waals surface area contributed by atoms with Gasteiger partial charge in [0.1, 0.15) is 0 Å². The van der Waals surface area contributed by atoms with Crippen LogP contribution in [0.2, 0.25) is 0 Å². The first-order chi connectivity index (χ1) is 9.22. The summed E-state index contributed by atoms with van der Waals surface area (Å²) in [5.41, 5.74) is 2.80. The molecule has 0 aliphatic rings. The Hall–Kier alpha value is -2.54. The molecule has 0 radical (unpaired) electrons. The number of anilines is 1. The van der Waals surface area contributed by atoms with Crippen molar-refractivity contribution in [3.05, 3.63) is 53.7 Å². The summed E-state index contributed by atoms with van der Waals surface area (Å²) in [5, 5.41) is 8.89. The first-order valence-electron chi connectivity index (χ1n) is 5.93. The predicted octanol–water partition coefficient (Wildman–Crippen LogP) is 2.60. The average Bonchev–Trinajstić information content (AvgIpc) is 2.47. The lowest BCUT2D eigenvalue weighted by Crippen LogP contribution is -2.16. The van der Waals surface area contributed by atoms with Crippen LogP contribution in [0.4, 0.5) is 5.69 Å². The Bertz CT molecular complexity index is 604. The molecule has 1 heterocycles. The molecule has 1 aromatic carbocycles. The lowest BCUT2D eigenvalue weighted by molar-refractivity contribution is 0.398. The molecule has 0 aliphatic heterocycles. The average molecular weight is 253 g/mol. The van der Waals surface area contributed by atoms with Crippen LogP contribution >= 0.6 is 0 Å². The van der Waals surface area contributed by atoms with Gasteiger partial charge in [-0.15, -0.1) is 0 Å². The molecule has 2 rings (SSSR count). The first-order valence-corrected chi connectivity index (χ1v) is 5.93. The number of aromatic nitrogens is 1. The molecule has 0 amide bonds. The van der Waals surface area contributed by atoms with E-state index in [1.807, 2.05) is 37.4 Å². The third-order valence-electron chi connectivity index (χ3n) is 2.84. The van der Waals surface area contributed by atoms with E-state index in [-0.39, 0.29) is 0 Å². The normalized spacial score (nSPS) is 9.74. The van der Waals surface area contributed by atoms with Crippen LogP contribution in [0.15, 0.2) is 42.6 Å². The van der Waals surface area contributed by atoms with Crippen LogP contribution < -0.4 is 9.64 Å². The summed E-state index contributed by atoms with van der Waals surface area (Å²) in [5.74, 6) is 0.593. The quantitative estimate of drug-likeness (QED) is 0.840. The lowest BCUT2D eigenvalue weighted by Gasteiger charge is -2.19. The summed E-state index contributed by atoms with van der Waals surface area (Å²) in [7, 11) is 3.59. The zero-order chi connectivity index (χ0) is 13.7. The van der Waals surface area contributed by atoms with Crippen LogP contribution in [0.3, 0.4) is 0 Å². The SMILES string of the molecule is COc1cc(N(C)Cc2cccc(C#N)c2)ccn1. The fraction of sp³-hybridized carbons (Fsp3) is 0.200. The minimum atomic E-state index is 0.593. The number of pyridine rings is 1. The number of hydrogen-bond donors (Lipinski definition) is 0. The van der Waals surface area contributed by atoms with Crippen molar-refractivity contribution < 1.29 is 4.74 Å². The topological polar surface area (TPSA) is 49.1 Å². The minimum Gasteiger partial charge on any atom is -0.481 e. The molecule has 2 aromatic rings. The van der Waals surface area contributed by atoms with Gasteiger partial charge >= 0.3 is 0 Å². The summed E-state index contributed by atoms with van der Waals surface area (Å²) in [6.45, 7) is 0.725. The van der Waals surface area contributed by atoms with Crippen molar-refractivity contribution in [2.75, 3.05) is 19.1 Å². The number of nitrogens with zero attached hydrogens (tertiary/aromatic N) is 3. The number of rotatable bonds is 4. The van der Waals surface area contributed by atoms with Crippen molar-refractivity contribution >= 4 is 5.69 Å². The number of hydrogen-bond acceptors (Lipinski definition) is 4. The third-order valence-corrected chi connectivity index (χ3v) is 2.84. The van der Waals surface area contributed by atoms with Crippen LogP contribution in [0, 0.1) is 11.3 Å². The Morgan fingerprint density at radius 3 is 2.89 bits per heavy atom. The molecule has 0 fully saturated rings. The van der Waals surface area contributed by atoms with Gasteiger partial charge in [0, 0.05) is 31.5 Å². The van der Waals surface area contributed by atoms with Crippen LogP contribution in [0.5, 0.6) is 5.88 Å². The monoisotopic (exact) mass is 253 g/mol. The lowest BCUT2D eigenvalue weighted by atomic mass is 10.1. The molecule has 0 unspecified atom stereocenters. The zero-order valence-corrected chi connectivity index (χ0v) is 11.0. The van der Waals surface area contributed by atoms with Gasteiger partial charge in [-0.05, 0) is 23.8 Å². The summed E-state index contributed by atoms with van der Waals surface area (Å²) >= 11 is 0. The Morgan fingerprint density at radius 2 is 2.16 bits per heavy atom. The molecular weight excluding hydrogens is 238 g/mol. The molecular formula is C15H15N3O. The molecule has 0 saturated carbocycles. The summed E-state index contributed by atoms with van der Waals surface area (Å²) in [4.78, 5) is 6.17. The molecule has 96 valence electrons. The van der Waals surface area contributed by atoms with Crippen LogP contribution in [0.25, 0.3) is 0 Å². The van der Waals surface area contributed by atoms with Gasteiger partial charge in [-0.3, -0.25) is 0 Å². The molecule has 4 nitrogen and oxygen atoms in total. The number of ether oxygens (including phenoxy) is 1. The van der Waals surface area contributed by atoms with E-state index in [0.717, 1.165) is 17.8 Å². The Morgan fingerprint density at radius 1 is 1.32 bits per heavy atom. The highest BCUT2D eigenvalue weighted by molar-refractivity contribution is 5.48. The zero-order valence-electron chi connectivity index (χ0n) is 11.0. The van der Waals surface area contributed by atoms with Crippen molar-refractivity contribution in [1.82, 2.24) is 4.98 Å². The van der Waals surface area contributed by atoms with E-state index in [4.69, 9.17) is 10.00 Å². The fourth-order valence-corrected chi connectivity index (χ4v) is 1.85. The van der Waals surface area contributed by atoms with Gasteiger partial charge in [0.15, 0.2) is 0 Å². The highest BCUT2D eigenvalue weighted by atomic mass is 16.5. The van der Waals surface area contributed by atoms with Gasteiger partial charge in [-0.2, -0.15) is 5.26 Å². The van der Waals surface area contributed by atoms with Crippen LogP contribution in [-0.2, 0) is 6.54 Å². The molecule has 1 aromatic heterocycles. The van der Waals surface area contributed by atoms with Gasteiger partial charge in [-0.25, -0.2) is 4.98 Å². The van der Waals surface area contributed by atoms with Crippen molar-refractivity contribution in [2.24, 2.45) is 0 Å². The standard InChI is InChI=1S/C15H15N3O/c1-18(14-6-7-17-15(9-14)19-2)11-13-5-3-4-12(8-13)10-16/h3-9H,11H2,1-2H3. The van der Waals surface area contributed by atoms with Gasteiger partial charge < -0.3 is 9.64 Å². The maximum Gasteiger partial charge on any atom is 0.214 e. The van der Waals surface area contributed by atoms with Crippen molar-refractivity contribution in [2.45, 2.75) is 6.54 Å².